The molecule has 0 saturated carbocycles. The highest BCUT2D eigenvalue weighted by atomic mass is 14.2. The molecule has 0 bridgehead atoms. The van der Waals surface area contributed by atoms with E-state index in [0.29, 0.717) is 5.41 Å². The molecule has 0 fully saturated rings. The molecule has 0 radical (unpaired) electrons. The van der Waals surface area contributed by atoms with Crippen molar-refractivity contribution in [1.29, 1.82) is 0 Å². The van der Waals surface area contributed by atoms with Crippen molar-refractivity contribution in [3.05, 3.63) is 0 Å². The average molecular weight is 166 g/mol. The van der Waals surface area contributed by atoms with Gasteiger partial charge in [-0.15, -0.1) is 12.3 Å². The first-order valence-electron chi connectivity index (χ1n) is 4.93. The Morgan fingerprint density at radius 3 is 2.25 bits per heavy atom. The van der Waals surface area contributed by atoms with Crippen molar-refractivity contribution in [1.82, 2.24) is 0 Å². The molecule has 1 unspecified atom stereocenters. The van der Waals surface area contributed by atoms with Crippen molar-refractivity contribution in [3.8, 4) is 12.3 Å². The average Bonchev–Trinajstić information content (AvgIpc) is 1.84. The normalized spacial score (nSPS) is 13.9. The topological polar surface area (TPSA) is 0 Å². The molecule has 1 atom stereocenters. The molecule has 0 rings (SSSR count). The fourth-order valence-electron chi connectivity index (χ4n) is 1.72. The number of terminal acetylenes is 1. The second-order valence-corrected chi connectivity index (χ2v) is 4.83. The van der Waals surface area contributed by atoms with Crippen molar-refractivity contribution in [2.75, 3.05) is 0 Å². The number of rotatable bonds is 4. The summed E-state index contributed by atoms with van der Waals surface area (Å²) in [4.78, 5) is 0. The quantitative estimate of drug-likeness (QED) is 0.556. The molecule has 0 aliphatic carbocycles. The minimum atomic E-state index is 0.427. The zero-order valence-corrected chi connectivity index (χ0v) is 8.98. The van der Waals surface area contributed by atoms with Crippen LogP contribution in [0.15, 0.2) is 0 Å². The van der Waals surface area contributed by atoms with E-state index < -0.39 is 0 Å². The van der Waals surface area contributed by atoms with Crippen LogP contribution in [-0.4, -0.2) is 0 Å². The molecule has 70 valence electrons. The summed E-state index contributed by atoms with van der Waals surface area (Å²) in [6.45, 7) is 9.08. The van der Waals surface area contributed by atoms with Gasteiger partial charge in [0.15, 0.2) is 0 Å². The van der Waals surface area contributed by atoms with E-state index in [9.17, 15) is 0 Å². The van der Waals surface area contributed by atoms with Crippen LogP contribution in [0.1, 0.15) is 53.4 Å². The van der Waals surface area contributed by atoms with Crippen LogP contribution in [-0.2, 0) is 0 Å². The van der Waals surface area contributed by atoms with Crippen LogP contribution in [0.4, 0.5) is 0 Å². The van der Waals surface area contributed by atoms with Crippen molar-refractivity contribution in [2.24, 2.45) is 11.3 Å². The molecule has 0 saturated heterocycles. The van der Waals surface area contributed by atoms with Gasteiger partial charge in [-0.2, -0.15) is 0 Å². The largest absolute Gasteiger partial charge is 0.120 e. The fourth-order valence-corrected chi connectivity index (χ4v) is 1.72. The SMILES string of the molecule is C#CCC(CCC)CC(C)(C)C. The number of hydrogen-bond acceptors (Lipinski definition) is 0. The predicted molar refractivity (Wildman–Crippen MR) is 55.9 cm³/mol. The predicted octanol–water partition coefficient (Wildman–Crippen LogP) is 3.86. The Kier molecular flexibility index (Phi) is 5.06. The van der Waals surface area contributed by atoms with Crippen molar-refractivity contribution < 1.29 is 0 Å². The molecule has 0 aromatic carbocycles. The lowest BCUT2D eigenvalue weighted by molar-refractivity contribution is 0.284. The summed E-state index contributed by atoms with van der Waals surface area (Å²) in [5, 5.41) is 0. The Labute approximate surface area is 77.8 Å². The van der Waals surface area contributed by atoms with E-state index in [2.05, 4.69) is 33.6 Å². The van der Waals surface area contributed by atoms with Crippen molar-refractivity contribution in [3.63, 3.8) is 0 Å². The monoisotopic (exact) mass is 166 g/mol. The maximum absolute atomic E-state index is 5.33. The van der Waals surface area contributed by atoms with Crippen LogP contribution in [0.5, 0.6) is 0 Å². The highest BCUT2D eigenvalue weighted by molar-refractivity contribution is 4.87. The zero-order chi connectivity index (χ0) is 9.61. The first-order chi connectivity index (χ1) is 5.49. The van der Waals surface area contributed by atoms with Gasteiger partial charge in [-0.1, -0.05) is 34.1 Å². The third kappa shape index (κ3) is 6.28. The standard InChI is InChI=1S/C12H22/c1-6-8-11(9-7-2)10-12(3,4)5/h1,11H,7-10H2,2-5H3. The second-order valence-electron chi connectivity index (χ2n) is 4.83. The maximum Gasteiger partial charge on any atom is 0.0115 e. The zero-order valence-electron chi connectivity index (χ0n) is 8.98. The van der Waals surface area contributed by atoms with Crippen molar-refractivity contribution >= 4 is 0 Å². The van der Waals surface area contributed by atoms with Crippen LogP contribution in [0.25, 0.3) is 0 Å². The highest BCUT2D eigenvalue weighted by Crippen LogP contribution is 2.28. The molecule has 0 amide bonds. The lowest BCUT2D eigenvalue weighted by Crippen LogP contribution is -2.12. The summed E-state index contributed by atoms with van der Waals surface area (Å²) in [7, 11) is 0. The van der Waals surface area contributed by atoms with Gasteiger partial charge in [-0.05, 0) is 24.2 Å². The third-order valence-electron chi connectivity index (χ3n) is 2.00. The molecule has 0 heteroatoms. The summed E-state index contributed by atoms with van der Waals surface area (Å²) < 4.78 is 0. The molecule has 0 aromatic rings. The molecule has 0 N–H and O–H groups in total. The Balaban J connectivity index is 3.88. The summed E-state index contributed by atoms with van der Waals surface area (Å²) >= 11 is 0. The van der Waals surface area contributed by atoms with E-state index in [0.717, 1.165) is 12.3 Å². The van der Waals surface area contributed by atoms with Gasteiger partial charge in [-0.3, -0.25) is 0 Å². The molecule has 0 heterocycles. The molecule has 0 spiro atoms. The van der Waals surface area contributed by atoms with Crippen LogP contribution < -0.4 is 0 Å². The van der Waals surface area contributed by atoms with E-state index in [1.165, 1.54) is 19.3 Å². The molecule has 0 aliphatic rings. The Morgan fingerprint density at radius 1 is 1.33 bits per heavy atom. The minimum Gasteiger partial charge on any atom is -0.120 e. The summed E-state index contributed by atoms with van der Waals surface area (Å²) in [6.07, 6.45) is 10.1. The first-order valence-corrected chi connectivity index (χ1v) is 4.93. The molecule has 0 aromatic heterocycles. The van der Waals surface area contributed by atoms with Crippen LogP contribution in [0.3, 0.4) is 0 Å². The Hall–Kier alpha value is -0.440. The Morgan fingerprint density at radius 2 is 1.92 bits per heavy atom. The minimum absolute atomic E-state index is 0.427. The second kappa shape index (κ2) is 5.25. The van der Waals surface area contributed by atoms with E-state index in [4.69, 9.17) is 6.42 Å². The van der Waals surface area contributed by atoms with E-state index in [1.807, 2.05) is 0 Å². The molecule has 12 heavy (non-hydrogen) atoms. The van der Waals surface area contributed by atoms with Crippen LogP contribution >= 0.6 is 0 Å². The highest BCUT2D eigenvalue weighted by Gasteiger charge is 2.16. The van der Waals surface area contributed by atoms with Gasteiger partial charge in [0, 0.05) is 6.42 Å². The van der Waals surface area contributed by atoms with Gasteiger partial charge in [0.2, 0.25) is 0 Å². The number of hydrogen-bond donors (Lipinski definition) is 0. The van der Waals surface area contributed by atoms with Gasteiger partial charge in [0.1, 0.15) is 0 Å². The molecular formula is C12H22. The molecular weight excluding hydrogens is 144 g/mol. The van der Waals surface area contributed by atoms with Crippen LogP contribution in [0.2, 0.25) is 0 Å². The van der Waals surface area contributed by atoms with Gasteiger partial charge >= 0.3 is 0 Å². The first kappa shape index (κ1) is 11.6. The summed E-state index contributed by atoms with van der Waals surface area (Å²) in [5.41, 5.74) is 0.427. The fraction of sp³-hybridized carbons (Fsp3) is 0.833. The van der Waals surface area contributed by atoms with E-state index in [-0.39, 0.29) is 0 Å². The lowest BCUT2D eigenvalue weighted by Gasteiger charge is -2.24. The summed E-state index contributed by atoms with van der Waals surface area (Å²) in [6, 6.07) is 0. The lowest BCUT2D eigenvalue weighted by atomic mass is 9.81. The maximum atomic E-state index is 5.33. The third-order valence-corrected chi connectivity index (χ3v) is 2.00. The van der Waals surface area contributed by atoms with Gasteiger partial charge in [-0.25, -0.2) is 0 Å². The Bertz CT molecular complexity index is 142. The smallest absolute Gasteiger partial charge is 0.0115 e. The molecule has 0 nitrogen and oxygen atoms in total. The summed E-state index contributed by atoms with van der Waals surface area (Å²) in [5.74, 6) is 3.51. The van der Waals surface area contributed by atoms with E-state index >= 15 is 0 Å². The van der Waals surface area contributed by atoms with Gasteiger partial charge in [0.25, 0.3) is 0 Å². The van der Waals surface area contributed by atoms with Gasteiger partial charge < -0.3 is 0 Å². The molecule has 0 aliphatic heterocycles. The van der Waals surface area contributed by atoms with Crippen LogP contribution in [0, 0.1) is 23.7 Å². The van der Waals surface area contributed by atoms with E-state index in [1.54, 1.807) is 0 Å². The van der Waals surface area contributed by atoms with Gasteiger partial charge in [0.05, 0.1) is 0 Å². The van der Waals surface area contributed by atoms with Crippen molar-refractivity contribution in [2.45, 2.75) is 53.4 Å².